The summed E-state index contributed by atoms with van der Waals surface area (Å²) in [6.07, 6.45) is 4.90. The molecular weight excluding hydrogens is 458 g/mol. The summed E-state index contributed by atoms with van der Waals surface area (Å²) in [7, 11) is -3.58. The number of thiophene rings is 1. The van der Waals surface area contributed by atoms with Crippen molar-refractivity contribution in [1.29, 1.82) is 0 Å². The number of benzene rings is 1. The van der Waals surface area contributed by atoms with Gasteiger partial charge >= 0.3 is 0 Å². The van der Waals surface area contributed by atoms with Gasteiger partial charge in [-0.05, 0) is 36.4 Å². The quantitative estimate of drug-likeness (QED) is 0.586. The number of amides is 1. The van der Waals surface area contributed by atoms with Crippen molar-refractivity contribution >= 4 is 44.7 Å². The first-order valence-corrected chi connectivity index (χ1v) is 12.2. The van der Waals surface area contributed by atoms with Gasteiger partial charge in [-0.2, -0.15) is 4.31 Å². The molecular formula is C20H20ClN5O3S2. The van der Waals surface area contributed by atoms with E-state index in [1.165, 1.54) is 15.6 Å². The maximum atomic E-state index is 13.0. The first-order valence-electron chi connectivity index (χ1n) is 9.57. The van der Waals surface area contributed by atoms with Crippen LogP contribution in [0.1, 0.15) is 15.2 Å². The number of nitrogens with one attached hydrogen (secondary N) is 1. The molecule has 31 heavy (non-hydrogen) atoms. The van der Waals surface area contributed by atoms with Crippen molar-refractivity contribution in [2.24, 2.45) is 0 Å². The van der Waals surface area contributed by atoms with E-state index in [-0.39, 0.29) is 16.7 Å². The fraction of sp³-hybridized carbons (Fsp3) is 0.250. The lowest BCUT2D eigenvalue weighted by molar-refractivity contribution is 0.0951. The summed E-state index contributed by atoms with van der Waals surface area (Å²) < 4.78 is 27.8. The molecule has 0 atom stereocenters. The van der Waals surface area contributed by atoms with Crippen LogP contribution in [-0.4, -0.2) is 54.8 Å². The highest BCUT2D eigenvalue weighted by Crippen LogP contribution is 2.26. The number of carbonyl (C=O) groups excluding carboxylic acids is 1. The standard InChI is InChI=1S/C20H20ClN5O3S2/c21-16-3-1-15(2-4-16)20(27)24-13-17-5-6-19(30-17)31(28,29)26-11-9-25(10-12-26)18-14-22-7-8-23-18/h1-8,14H,9-13H2,(H,24,27). The fourth-order valence-corrected chi connectivity index (χ4v) is 6.20. The van der Waals surface area contributed by atoms with Crippen LogP contribution in [0.2, 0.25) is 5.02 Å². The second-order valence-corrected chi connectivity index (χ2v) is 10.6. The van der Waals surface area contributed by atoms with Gasteiger partial charge in [-0.1, -0.05) is 11.6 Å². The number of carbonyl (C=O) groups is 1. The maximum absolute atomic E-state index is 13.0. The summed E-state index contributed by atoms with van der Waals surface area (Å²) in [6, 6.07) is 9.91. The Morgan fingerprint density at radius 3 is 2.48 bits per heavy atom. The number of sulfonamides is 1. The Hall–Kier alpha value is -2.53. The largest absolute Gasteiger partial charge is 0.353 e. The third-order valence-electron chi connectivity index (χ3n) is 4.87. The molecule has 1 aliphatic rings. The zero-order valence-electron chi connectivity index (χ0n) is 16.4. The van der Waals surface area contributed by atoms with Crippen molar-refractivity contribution in [3.05, 3.63) is 70.5 Å². The minimum atomic E-state index is -3.58. The minimum Gasteiger partial charge on any atom is -0.353 e. The summed E-state index contributed by atoms with van der Waals surface area (Å²) in [5, 5.41) is 3.36. The molecule has 1 amide bonds. The van der Waals surface area contributed by atoms with Crippen LogP contribution in [0.3, 0.4) is 0 Å². The topological polar surface area (TPSA) is 95.5 Å². The monoisotopic (exact) mass is 477 g/mol. The van der Waals surface area contributed by atoms with E-state index in [0.29, 0.717) is 36.8 Å². The van der Waals surface area contributed by atoms with Gasteiger partial charge in [0.1, 0.15) is 10.0 Å². The van der Waals surface area contributed by atoms with E-state index >= 15 is 0 Å². The zero-order chi connectivity index (χ0) is 21.8. The molecule has 1 aliphatic heterocycles. The summed E-state index contributed by atoms with van der Waals surface area (Å²) in [5.74, 6) is 0.504. The minimum absolute atomic E-state index is 0.241. The van der Waals surface area contributed by atoms with Crippen molar-refractivity contribution < 1.29 is 13.2 Å². The van der Waals surface area contributed by atoms with E-state index in [2.05, 4.69) is 15.3 Å². The molecule has 1 fully saturated rings. The van der Waals surface area contributed by atoms with Gasteiger partial charge in [-0.3, -0.25) is 9.78 Å². The molecule has 1 saturated heterocycles. The van der Waals surface area contributed by atoms with Crippen molar-refractivity contribution in [2.75, 3.05) is 31.1 Å². The van der Waals surface area contributed by atoms with Crippen LogP contribution in [0.25, 0.3) is 0 Å². The van der Waals surface area contributed by atoms with Gasteiger partial charge in [-0.25, -0.2) is 13.4 Å². The van der Waals surface area contributed by atoms with E-state index in [1.54, 1.807) is 55.0 Å². The Morgan fingerprint density at radius 2 is 1.81 bits per heavy atom. The molecule has 0 spiro atoms. The Bertz CT molecular complexity index is 1150. The molecule has 0 radical (unpaired) electrons. The smallest absolute Gasteiger partial charge is 0.252 e. The lowest BCUT2D eigenvalue weighted by Gasteiger charge is -2.34. The van der Waals surface area contributed by atoms with Gasteiger partial charge in [-0.15, -0.1) is 11.3 Å². The predicted molar refractivity (Wildman–Crippen MR) is 120 cm³/mol. The average Bonchev–Trinajstić information content (AvgIpc) is 3.29. The molecule has 0 bridgehead atoms. The maximum Gasteiger partial charge on any atom is 0.252 e. The molecule has 162 valence electrons. The molecule has 8 nitrogen and oxygen atoms in total. The van der Waals surface area contributed by atoms with Crippen LogP contribution in [0.15, 0.2) is 59.2 Å². The highest BCUT2D eigenvalue weighted by Gasteiger charge is 2.30. The Morgan fingerprint density at radius 1 is 1.06 bits per heavy atom. The van der Waals surface area contributed by atoms with Crippen LogP contribution in [-0.2, 0) is 16.6 Å². The van der Waals surface area contributed by atoms with Crippen molar-refractivity contribution in [2.45, 2.75) is 10.8 Å². The number of nitrogens with zero attached hydrogens (tertiary/aromatic N) is 4. The van der Waals surface area contributed by atoms with E-state index in [9.17, 15) is 13.2 Å². The SMILES string of the molecule is O=C(NCc1ccc(S(=O)(=O)N2CCN(c3cnccn3)CC2)s1)c1ccc(Cl)cc1. The zero-order valence-corrected chi connectivity index (χ0v) is 18.8. The van der Waals surface area contributed by atoms with E-state index < -0.39 is 10.0 Å². The Labute approximate surface area is 189 Å². The highest BCUT2D eigenvalue weighted by atomic mass is 35.5. The van der Waals surface area contributed by atoms with Crippen LogP contribution >= 0.6 is 22.9 Å². The molecule has 0 aliphatic carbocycles. The second-order valence-electron chi connectivity index (χ2n) is 6.87. The average molecular weight is 478 g/mol. The van der Waals surface area contributed by atoms with Crippen LogP contribution < -0.4 is 10.2 Å². The predicted octanol–water partition coefficient (Wildman–Crippen LogP) is 2.63. The summed E-state index contributed by atoms with van der Waals surface area (Å²) in [4.78, 5) is 23.3. The van der Waals surface area contributed by atoms with Crippen LogP contribution in [0.5, 0.6) is 0 Å². The molecule has 3 aromatic rings. The highest BCUT2D eigenvalue weighted by molar-refractivity contribution is 7.91. The number of halogens is 1. The number of hydrogen-bond donors (Lipinski definition) is 1. The molecule has 3 heterocycles. The van der Waals surface area contributed by atoms with Gasteiger partial charge in [0.25, 0.3) is 15.9 Å². The van der Waals surface area contributed by atoms with E-state index in [0.717, 1.165) is 10.7 Å². The third-order valence-corrected chi connectivity index (χ3v) is 8.58. The molecule has 0 unspecified atom stereocenters. The van der Waals surface area contributed by atoms with Crippen LogP contribution in [0.4, 0.5) is 5.82 Å². The molecule has 1 aromatic carbocycles. The number of piperazine rings is 1. The number of anilines is 1. The van der Waals surface area contributed by atoms with E-state index in [4.69, 9.17) is 11.6 Å². The van der Waals surface area contributed by atoms with Crippen molar-refractivity contribution in [3.8, 4) is 0 Å². The Balaban J connectivity index is 1.35. The summed E-state index contributed by atoms with van der Waals surface area (Å²) in [5.41, 5.74) is 0.495. The second kappa shape index (κ2) is 9.31. The molecule has 1 N–H and O–H groups in total. The summed E-state index contributed by atoms with van der Waals surface area (Å²) in [6.45, 7) is 2.10. The Kier molecular flexibility index (Phi) is 6.51. The molecule has 11 heteroatoms. The normalized spacial score (nSPS) is 15.1. The van der Waals surface area contributed by atoms with Gasteiger partial charge in [0, 0.05) is 54.0 Å². The number of hydrogen-bond acceptors (Lipinski definition) is 7. The number of rotatable bonds is 6. The van der Waals surface area contributed by atoms with Crippen molar-refractivity contribution in [3.63, 3.8) is 0 Å². The first kappa shape index (κ1) is 21.7. The molecule has 2 aromatic heterocycles. The van der Waals surface area contributed by atoms with Crippen LogP contribution in [0, 0.1) is 0 Å². The lowest BCUT2D eigenvalue weighted by atomic mass is 10.2. The van der Waals surface area contributed by atoms with Gasteiger partial charge < -0.3 is 10.2 Å². The van der Waals surface area contributed by atoms with Gasteiger partial charge in [0.2, 0.25) is 0 Å². The lowest BCUT2D eigenvalue weighted by Crippen LogP contribution is -2.48. The van der Waals surface area contributed by atoms with Gasteiger partial charge in [0.15, 0.2) is 0 Å². The van der Waals surface area contributed by atoms with E-state index in [1.807, 2.05) is 4.90 Å². The van der Waals surface area contributed by atoms with Gasteiger partial charge in [0.05, 0.1) is 12.7 Å². The first-order chi connectivity index (χ1) is 14.9. The molecule has 0 saturated carbocycles. The third kappa shape index (κ3) is 5.04. The molecule has 4 rings (SSSR count). The summed E-state index contributed by atoms with van der Waals surface area (Å²) >= 11 is 7.01. The fourth-order valence-electron chi connectivity index (χ4n) is 3.20. The number of aromatic nitrogens is 2. The van der Waals surface area contributed by atoms with Crippen molar-refractivity contribution in [1.82, 2.24) is 19.6 Å².